The summed E-state index contributed by atoms with van der Waals surface area (Å²) in [5, 5.41) is 0. The number of nitrogens with zero attached hydrogens (tertiary/aromatic N) is 4. The molecular formula is C27H46N4O4S. The predicted octanol–water partition coefficient (Wildman–Crippen LogP) is 2.55. The number of aryl methyl sites for hydroxylation is 2. The average molecular weight is 523 g/mol. The first-order valence-electron chi connectivity index (χ1n) is 13.3. The van der Waals surface area contributed by atoms with Crippen LogP contribution in [0.25, 0.3) is 0 Å². The van der Waals surface area contributed by atoms with Gasteiger partial charge < -0.3 is 24.2 Å². The first kappa shape index (κ1) is 29.0. The topological polar surface area (TPSA) is 65.6 Å². The number of carbonyl (C=O) groups excluding carboxylic acids is 1. The number of benzene rings is 1. The second-order valence-electron chi connectivity index (χ2n) is 10.4. The van der Waals surface area contributed by atoms with Crippen LogP contribution in [0.4, 0.5) is 0 Å². The molecule has 0 bridgehead atoms. The van der Waals surface area contributed by atoms with Crippen LogP contribution < -0.4 is 4.74 Å². The molecule has 0 aliphatic carbocycles. The SMILES string of the molecule is COc1cc(C)c(S(=O)N(C)CCOCC(=O)N(C)C[C@@H]2CCN(CCCN3CCCC3)C2)c(C)c1. The number of ether oxygens (including phenoxy) is 2. The molecule has 2 atom stereocenters. The maximum atomic E-state index is 13.0. The number of hydrogen-bond acceptors (Lipinski definition) is 6. The Hall–Kier alpha value is -1.52. The van der Waals surface area contributed by atoms with E-state index in [1.165, 1.54) is 38.9 Å². The molecule has 2 aliphatic rings. The third kappa shape index (κ3) is 8.52. The summed E-state index contributed by atoms with van der Waals surface area (Å²) in [5.41, 5.74) is 1.87. The van der Waals surface area contributed by atoms with Gasteiger partial charge in [0.05, 0.1) is 18.6 Å². The fraction of sp³-hybridized carbons (Fsp3) is 0.741. The molecule has 0 radical (unpaired) electrons. The molecular weight excluding hydrogens is 476 g/mol. The van der Waals surface area contributed by atoms with E-state index in [4.69, 9.17) is 9.47 Å². The molecule has 36 heavy (non-hydrogen) atoms. The largest absolute Gasteiger partial charge is 0.497 e. The van der Waals surface area contributed by atoms with Crippen molar-refractivity contribution in [2.45, 2.75) is 44.4 Å². The Kier molecular flexibility index (Phi) is 11.6. The lowest BCUT2D eigenvalue weighted by molar-refractivity contribution is -0.135. The van der Waals surface area contributed by atoms with Crippen LogP contribution in [0.5, 0.6) is 5.75 Å². The summed E-state index contributed by atoms with van der Waals surface area (Å²) in [7, 11) is 4.02. The summed E-state index contributed by atoms with van der Waals surface area (Å²) >= 11 is 0. The molecule has 2 heterocycles. The molecule has 2 saturated heterocycles. The van der Waals surface area contributed by atoms with Gasteiger partial charge in [-0.25, -0.2) is 8.51 Å². The van der Waals surface area contributed by atoms with Gasteiger partial charge in [0.15, 0.2) is 0 Å². The minimum Gasteiger partial charge on any atom is -0.497 e. The van der Waals surface area contributed by atoms with Crippen LogP contribution in [0.1, 0.15) is 36.8 Å². The van der Waals surface area contributed by atoms with E-state index >= 15 is 0 Å². The summed E-state index contributed by atoms with van der Waals surface area (Å²) in [6, 6.07) is 3.80. The summed E-state index contributed by atoms with van der Waals surface area (Å²) in [5.74, 6) is 1.31. The maximum absolute atomic E-state index is 13.0. The standard InChI is InChI=1S/C27H46N4O4S/c1-22-17-25(34-5)18-23(2)27(22)36(33)29(4)15-16-35-21-26(32)28(3)19-24-9-14-31(20-24)13-8-12-30-10-6-7-11-30/h17-18,24H,6-16,19-21H2,1-5H3/t24-,36?/m0/s1. The first-order chi connectivity index (χ1) is 17.3. The molecule has 0 spiro atoms. The van der Waals surface area contributed by atoms with Gasteiger partial charge in [-0.2, -0.15) is 0 Å². The van der Waals surface area contributed by atoms with E-state index in [9.17, 15) is 9.00 Å². The molecule has 0 N–H and O–H groups in total. The molecule has 1 aromatic carbocycles. The van der Waals surface area contributed by atoms with Gasteiger partial charge >= 0.3 is 0 Å². The van der Waals surface area contributed by atoms with Crippen molar-refractivity contribution in [2.75, 3.05) is 86.8 Å². The van der Waals surface area contributed by atoms with E-state index in [1.807, 2.05) is 45.0 Å². The number of carbonyl (C=O) groups is 1. The van der Waals surface area contributed by atoms with Crippen LogP contribution in [0.15, 0.2) is 17.0 Å². The lowest BCUT2D eigenvalue weighted by Gasteiger charge is -2.23. The van der Waals surface area contributed by atoms with Crippen molar-refractivity contribution in [2.24, 2.45) is 5.92 Å². The Bertz CT molecular complexity index is 854. The van der Waals surface area contributed by atoms with Crippen molar-refractivity contribution in [1.82, 2.24) is 19.0 Å². The fourth-order valence-electron chi connectivity index (χ4n) is 5.28. The molecule has 1 amide bonds. The molecule has 2 aliphatic heterocycles. The molecule has 1 aromatic rings. The second-order valence-corrected chi connectivity index (χ2v) is 11.9. The molecule has 2 fully saturated rings. The van der Waals surface area contributed by atoms with Crippen molar-refractivity contribution in [3.05, 3.63) is 23.3 Å². The molecule has 3 rings (SSSR count). The third-order valence-corrected chi connectivity index (χ3v) is 9.12. The van der Waals surface area contributed by atoms with E-state index in [1.54, 1.807) is 11.4 Å². The van der Waals surface area contributed by atoms with Gasteiger partial charge in [-0.05, 0) is 101 Å². The number of rotatable bonds is 14. The zero-order chi connectivity index (χ0) is 26.1. The quantitative estimate of drug-likeness (QED) is 0.350. The summed E-state index contributed by atoms with van der Waals surface area (Å²) in [6.45, 7) is 12.7. The van der Waals surface area contributed by atoms with Crippen LogP contribution in [-0.2, 0) is 20.5 Å². The van der Waals surface area contributed by atoms with Crippen LogP contribution in [0.3, 0.4) is 0 Å². The van der Waals surface area contributed by atoms with E-state index in [-0.39, 0.29) is 12.5 Å². The van der Waals surface area contributed by atoms with Crippen molar-refractivity contribution in [3.63, 3.8) is 0 Å². The van der Waals surface area contributed by atoms with Crippen LogP contribution in [0, 0.1) is 19.8 Å². The zero-order valence-corrected chi connectivity index (χ0v) is 23.8. The van der Waals surface area contributed by atoms with Gasteiger partial charge in [-0.3, -0.25) is 4.79 Å². The Morgan fingerprint density at radius 2 is 1.75 bits per heavy atom. The Balaban J connectivity index is 1.31. The van der Waals surface area contributed by atoms with Gasteiger partial charge in [0, 0.05) is 33.7 Å². The smallest absolute Gasteiger partial charge is 0.248 e. The first-order valence-corrected chi connectivity index (χ1v) is 14.4. The minimum absolute atomic E-state index is 0.00750. The van der Waals surface area contributed by atoms with Crippen LogP contribution in [0.2, 0.25) is 0 Å². The van der Waals surface area contributed by atoms with Crippen molar-refractivity contribution >= 4 is 16.9 Å². The van der Waals surface area contributed by atoms with E-state index in [0.29, 0.717) is 19.1 Å². The van der Waals surface area contributed by atoms with E-state index in [0.717, 1.165) is 54.4 Å². The van der Waals surface area contributed by atoms with Crippen molar-refractivity contribution in [1.29, 1.82) is 0 Å². The monoisotopic (exact) mass is 522 g/mol. The van der Waals surface area contributed by atoms with Gasteiger partial charge in [-0.15, -0.1) is 0 Å². The Labute approximate surface area is 220 Å². The van der Waals surface area contributed by atoms with Crippen LogP contribution >= 0.6 is 0 Å². The number of amides is 1. The van der Waals surface area contributed by atoms with Crippen molar-refractivity contribution < 1.29 is 18.5 Å². The highest BCUT2D eigenvalue weighted by Gasteiger charge is 2.25. The molecule has 1 unspecified atom stereocenters. The normalized spacial score (nSPS) is 19.8. The maximum Gasteiger partial charge on any atom is 0.248 e. The van der Waals surface area contributed by atoms with E-state index < -0.39 is 11.0 Å². The minimum atomic E-state index is -1.30. The third-order valence-electron chi connectivity index (χ3n) is 7.38. The highest BCUT2D eigenvalue weighted by Crippen LogP contribution is 2.25. The number of methoxy groups -OCH3 is 1. The van der Waals surface area contributed by atoms with E-state index in [2.05, 4.69) is 9.80 Å². The van der Waals surface area contributed by atoms with Gasteiger partial charge in [0.2, 0.25) is 5.91 Å². The number of likely N-dealkylation sites (N-methyl/N-ethyl adjacent to an activating group) is 2. The molecule has 0 aromatic heterocycles. The van der Waals surface area contributed by atoms with Crippen LogP contribution in [-0.4, -0.2) is 116 Å². The number of likely N-dealkylation sites (tertiary alicyclic amines) is 2. The Morgan fingerprint density at radius 1 is 1.08 bits per heavy atom. The summed E-state index contributed by atoms with van der Waals surface area (Å²) in [4.78, 5) is 20.3. The van der Waals surface area contributed by atoms with Gasteiger partial charge in [0.25, 0.3) is 0 Å². The highest BCUT2D eigenvalue weighted by atomic mass is 32.2. The average Bonchev–Trinajstić information content (AvgIpc) is 3.53. The molecule has 204 valence electrons. The molecule has 0 saturated carbocycles. The molecule has 8 nitrogen and oxygen atoms in total. The lowest BCUT2D eigenvalue weighted by atomic mass is 10.1. The second kappa shape index (κ2) is 14.4. The van der Waals surface area contributed by atoms with Crippen molar-refractivity contribution in [3.8, 4) is 5.75 Å². The predicted molar refractivity (Wildman–Crippen MR) is 145 cm³/mol. The molecule has 9 heteroatoms. The lowest BCUT2D eigenvalue weighted by Crippen LogP contribution is -2.36. The highest BCUT2D eigenvalue weighted by molar-refractivity contribution is 7.82. The summed E-state index contributed by atoms with van der Waals surface area (Å²) < 4.78 is 25.7. The Morgan fingerprint density at radius 3 is 2.42 bits per heavy atom. The summed E-state index contributed by atoms with van der Waals surface area (Å²) in [6.07, 6.45) is 5.11. The van der Waals surface area contributed by atoms with Gasteiger partial charge in [-0.1, -0.05) is 0 Å². The zero-order valence-electron chi connectivity index (χ0n) is 23.0. The number of hydrogen-bond donors (Lipinski definition) is 0. The van der Waals surface area contributed by atoms with Gasteiger partial charge in [0.1, 0.15) is 23.3 Å². The fourth-order valence-corrected chi connectivity index (χ4v) is 6.50.